The Morgan fingerprint density at radius 2 is 1.44 bits per heavy atom. The molecule has 2 fully saturated rings. The summed E-state index contributed by atoms with van der Waals surface area (Å²) in [5.74, 6) is 1.04. The lowest BCUT2D eigenvalue weighted by molar-refractivity contribution is 0.0134. The molecule has 4 heterocycles. The first-order valence-corrected chi connectivity index (χ1v) is 14.1. The minimum atomic E-state index is -3.47. The van der Waals surface area contributed by atoms with Crippen molar-refractivity contribution in [3.63, 3.8) is 0 Å². The van der Waals surface area contributed by atoms with Gasteiger partial charge in [-0.05, 0) is 54.4 Å². The van der Waals surface area contributed by atoms with Crippen LogP contribution in [0.1, 0.15) is 71.8 Å². The number of fused-ring (bicyclic) bond motifs is 1. The molecule has 4 rings (SSSR count). The molecule has 1 aromatic rings. The summed E-state index contributed by atoms with van der Waals surface area (Å²) >= 11 is 0. The summed E-state index contributed by atoms with van der Waals surface area (Å²) in [5.41, 5.74) is -0.0496. The minimum Gasteiger partial charge on any atom is -0.444 e. The van der Waals surface area contributed by atoms with Crippen molar-refractivity contribution in [3.05, 3.63) is 17.7 Å². The van der Waals surface area contributed by atoms with Crippen molar-refractivity contribution < 1.29 is 27.5 Å². The number of carbonyl (C=O) groups excluding carboxylic acids is 2. The molecule has 0 aromatic carbocycles. The van der Waals surface area contributed by atoms with E-state index in [1.165, 1.54) is 4.90 Å². The number of ether oxygens (including phenoxy) is 2. The predicted octanol–water partition coefficient (Wildman–Crippen LogP) is 2.76. The van der Waals surface area contributed by atoms with Gasteiger partial charge in [0.1, 0.15) is 22.3 Å². The largest absolute Gasteiger partial charge is 0.444 e. The Balaban J connectivity index is 1.30. The fourth-order valence-electron chi connectivity index (χ4n) is 4.81. The first-order valence-electron chi connectivity index (χ1n) is 12.6. The molecule has 11 nitrogen and oxygen atoms in total. The van der Waals surface area contributed by atoms with Crippen molar-refractivity contribution in [1.82, 2.24) is 23.7 Å². The van der Waals surface area contributed by atoms with Crippen LogP contribution in [0.2, 0.25) is 0 Å². The molecule has 0 atom stereocenters. The molecular weight excluding hydrogens is 486 g/mol. The Morgan fingerprint density at radius 1 is 0.889 bits per heavy atom. The first kappa shape index (κ1) is 26.7. The number of nitrogens with zero attached hydrogens (tertiary/aromatic N) is 5. The lowest BCUT2D eigenvalue weighted by Crippen LogP contribution is -2.61. The van der Waals surface area contributed by atoms with Crippen LogP contribution in [-0.2, 0) is 32.6 Å². The average molecular weight is 526 g/mol. The van der Waals surface area contributed by atoms with Crippen molar-refractivity contribution in [3.8, 4) is 0 Å². The van der Waals surface area contributed by atoms with Crippen LogP contribution in [0, 0.1) is 0 Å². The topological polar surface area (TPSA) is 114 Å². The standard InChI is InChI=1S/C24H39N5O6S/c1-23(2,3)34-21(30)26-11-12-29-19(13-25-20(29)16-26)17-7-9-28(10-8-17)36(32,33)18-14-27(15-18)22(31)35-24(4,5)6/h13,17-18H,7-12,14-16H2,1-6H3. The molecule has 3 aliphatic rings. The van der Waals surface area contributed by atoms with E-state index in [0.29, 0.717) is 45.6 Å². The van der Waals surface area contributed by atoms with E-state index in [1.807, 2.05) is 27.0 Å². The summed E-state index contributed by atoms with van der Waals surface area (Å²) in [4.78, 5) is 32.3. The molecule has 202 valence electrons. The Bertz CT molecular complexity index is 1090. The SMILES string of the molecule is CC(C)(C)OC(=O)N1CCn2c(C3CCN(S(=O)(=O)C4CN(C(=O)OC(C)(C)C)C4)CC3)cnc2C1. The zero-order valence-corrected chi connectivity index (χ0v) is 23.0. The van der Waals surface area contributed by atoms with E-state index in [9.17, 15) is 18.0 Å². The van der Waals surface area contributed by atoms with Crippen molar-refractivity contribution >= 4 is 22.2 Å². The number of likely N-dealkylation sites (tertiary alicyclic amines) is 1. The molecule has 36 heavy (non-hydrogen) atoms. The van der Waals surface area contributed by atoms with E-state index in [-0.39, 0.29) is 25.1 Å². The van der Waals surface area contributed by atoms with Crippen molar-refractivity contribution in [2.45, 2.75) is 89.8 Å². The van der Waals surface area contributed by atoms with Crippen LogP contribution in [0.3, 0.4) is 0 Å². The number of amides is 2. The van der Waals surface area contributed by atoms with Crippen LogP contribution in [-0.4, -0.2) is 93.4 Å². The molecule has 12 heteroatoms. The average Bonchev–Trinajstić information content (AvgIpc) is 3.13. The summed E-state index contributed by atoms with van der Waals surface area (Å²) in [6, 6.07) is 0. The molecule has 2 amide bonds. The van der Waals surface area contributed by atoms with Crippen LogP contribution in [0.25, 0.3) is 0 Å². The Morgan fingerprint density at radius 3 is 2.00 bits per heavy atom. The minimum absolute atomic E-state index is 0.168. The van der Waals surface area contributed by atoms with Crippen LogP contribution in [0.15, 0.2) is 6.20 Å². The van der Waals surface area contributed by atoms with Gasteiger partial charge in [0.25, 0.3) is 0 Å². The molecular formula is C24H39N5O6S. The van der Waals surface area contributed by atoms with Gasteiger partial charge in [-0.1, -0.05) is 0 Å². The van der Waals surface area contributed by atoms with Crippen LogP contribution in [0.5, 0.6) is 0 Å². The Hall–Kier alpha value is -2.34. The molecule has 0 N–H and O–H groups in total. The van der Waals surface area contributed by atoms with Gasteiger partial charge in [-0.3, -0.25) is 4.90 Å². The molecule has 0 radical (unpaired) electrons. The highest BCUT2D eigenvalue weighted by Gasteiger charge is 2.45. The second-order valence-corrected chi connectivity index (χ2v) is 14.1. The quantitative estimate of drug-likeness (QED) is 0.596. The van der Waals surface area contributed by atoms with E-state index < -0.39 is 32.6 Å². The molecule has 0 saturated carbocycles. The third kappa shape index (κ3) is 5.80. The second-order valence-electron chi connectivity index (χ2n) is 11.9. The van der Waals surface area contributed by atoms with Gasteiger partial charge in [0.2, 0.25) is 10.0 Å². The fraction of sp³-hybridized carbons (Fsp3) is 0.792. The van der Waals surface area contributed by atoms with E-state index in [4.69, 9.17) is 9.47 Å². The third-order valence-electron chi connectivity index (χ3n) is 6.70. The van der Waals surface area contributed by atoms with Gasteiger partial charge in [-0.2, -0.15) is 0 Å². The van der Waals surface area contributed by atoms with Gasteiger partial charge in [0.05, 0.1) is 6.54 Å². The highest BCUT2D eigenvalue weighted by molar-refractivity contribution is 7.89. The highest BCUT2D eigenvalue weighted by atomic mass is 32.2. The fourth-order valence-corrected chi connectivity index (χ4v) is 6.69. The van der Waals surface area contributed by atoms with Gasteiger partial charge in [-0.15, -0.1) is 0 Å². The molecule has 1 aromatic heterocycles. The summed E-state index contributed by atoms with van der Waals surface area (Å²) in [6.07, 6.45) is 2.49. The molecule has 0 aliphatic carbocycles. The van der Waals surface area contributed by atoms with E-state index in [0.717, 1.165) is 11.5 Å². The summed E-state index contributed by atoms with van der Waals surface area (Å²) in [5, 5.41) is -0.580. The number of piperidine rings is 1. The molecule has 0 spiro atoms. The lowest BCUT2D eigenvalue weighted by atomic mass is 9.95. The number of rotatable bonds is 3. The number of hydrogen-bond donors (Lipinski definition) is 0. The van der Waals surface area contributed by atoms with Gasteiger partial charge in [0.15, 0.2) is 0 Å². The molecule has 0 unspecified atom stereocenters. The van der Waals surface area contributed by atoms with Gasteiger partial charge in [-0.25, -0.2) is 27.3 Å². The molecule has 2 saturated heterocycles. The summed E-state index contributed by atoms with van der Waals surface area (Å²) in [7, 11) is -3.47. The smallest absolute Gasteiger partial charge is 0.410 e. The Kier molecular flexibility index (Phi) is 7.06. The van der Waals surface area contributed by atoms with Crippen LogP contribution >= 0.6 is 0 Å². The first-order chi connectivity index (χ1) is 16.6. The van der Waals surface area contributed by atoms with Crippen molar-refractivity contribution in [2.24, 2.45) is 0 Å². The monoisotopic (exact) mass is 525 g/mol. The highest BCUT2D eigenvalue weighted by Crippen LogP contribution is 2.33. The van der Waals surface area contributed by atoms with E-state index >= 15 is 0 Å². The summed E-state index contributed by atoms with van der Waals surface area (Å²) in [6.45, 7) is 13.7. The van der Waals surface area contributed by atoms with Crippen LogP contribution in [0.4, 0.5) is 9.59 Å². The lowest BCUT2D eigenvalue weighted by Gasteiger charge is -2.42. The normalized spacial score (nSPS) is 20.6. The second kappa shape index (κ2) is 9.51. The zero-order chi connectivity index (χ0) is 26.5. The zero-order valence-electron chi connectivity index (χ0n) is 22.2. The third-order valence-corrected chi connectivity index (χ3v) is 8.93. The van der Waals surface area contributed by atoms with Gasteiger partial charge >= 0.3 is 12.2 Å². The number of carbonyl (C=O) groups is 2. The molecule has 3 aliphatic heterocycles. The number of aromatic nitrogens is 2. The van der Waals surface area contributed by atoms with E-state index in [2.05, 4.69) is 9.55 Å². The number of imidazole rings is 1. The molecule has 0 bridgehead atoms. The number of sulfonamides is 1. The maximum atomic E-state index is 13.1. The number of hydrogen-bond acceptors (Lipinski definition) is 7. The predicted molar refractivity (Wildman–Crippen MR) is 133 cm³/mol. The van der Waals surface area contributed by atoms with Gasteiger partial charge in [0, 0.05) is 57.1 Å². The van der Waals surface area contributed by atoms with Crippen molar-refractivity contribution in [1.29, 1.82) is 0 Å². The summed E-state index contributed by atoms with van der Waals surface area (Å²) < 4.78 is 40.8. The maximum absolute atomic E-state index is 13.1. The maximum Gasteiger partial charge on any atom is 0.410 e. The van der Waals surface area contributed by atoms with E-state index in [1.54, 1.807) is 30.0 Å². The van der Waals surface area contributed by atoms with Gasteiger partial charge < -0.3 is 18.9 Å². The van der Waals surface area contributed by atoms with Crippen molar-refractivity contribution in [2.75, 3.05) is 32.7 Å². The van der Waals surface area contributed by atoms with Crippen LogP contribution < -0.4 is 0 Å². The Labute approximate surface area is 213 Å².